The van der Waals surface area contributed by atoms with E-state index in [1.54, 1.807) is 0 Å². The van der Waals surface area contributed by atoms with Crippen molar-refractivity contribution in [1.29, 1.82) is 0 Å². The van der Waals surface area contributed by atoms with Crippen LogP contribution in [0.15, 0.2) is 24.3 Å². The van der Waals surface area contributed by atoms with Crippen LogP contribution >= 0.6 is 0 Å². The molecule has 4 atom stereocenters. The summed E-state index contributed by atoms with van der Waals surface area (Å²) in [5.74, 6) is 0.818. The van der Waals surface area contributed by atoms with Gasteiger partial charge in [0, 0.05) is 0 Å². The Morgan fingerprint density at radius 1 is 0.742 bits per heavy atom. The lowest BCUT2D eigenvalue weighted by Gasteiger charge is -2.45. The molecule has 0 aliphatic heterocycles. The van der Waals surface area contributed by atoms with E-state index in [0.29, 0.717) is 11.5 Å². The van der Waals surface area contributed by atoms with Crippen molar-refractivity contribution < 1.29 is 22.0 Å². The lowest BCUT2D eigenvalue weighted by molar-refractivity contribution is -0.142. The number of rotatable bonds is 3. The number of allylic oxidation sites excluding steroid dienone is 2. The van der Waals surface area contributed by atoms with Crippen LogP contribution in [0.25, 0.3) is 0 Å². The van der Waals surface area contributed by atoms with Gasteiger partial charge in [-0.15, -0.1) is 0 Å². The second kappa shape index (κ2) is 9.23. The average molecular weight is 441 g/mol. The summed E-state index contributed by atoms with van der Waals surface area (Å²) in [7, 11) is 0. The van der Waals surface area contributed by atoms with Gasteiger partial charge in [0.25, 0.3) is 0 Å². The van der Waals surface area contributed by atoms with Gasteiger partial charge in [-0.2, -0.15) is 13.2 Å². The van der Waals surface area contributed by atoms with Crippen LogP contribution in [0.2, 0.25) is 0 Å². The first-order valence-corrected chi connectivity index (χ1v) is 11.9. The summed E-state index contributed by atoms with van der Waals surface area (Å²) in [5, 5.41) is 0. The summed E-state index contributed by atoms with van der Waals surface area (Å²) in [5.41, 5.74) is -1.39. The minimum atomic E-state index is -5.00. The van der Waals surface area contributed by atoms with Gasteiger partial charge in [0.15, 0.2) is 0 Å². The molecule has 4 unspecified atom stereocenters. The van der Waals surface area contributed by atoms with Gasteiger partial charge in [-0.05, 0) is 124 Å². The molecule has 0 saturated heterocycles. The highest BCUT2D eigenvalue weighted by Gasteiger charge is 2.40. The van der Waals surface area contributed by atoms with Crippen molar-refractivity contribution >= 4 is 0 Å². The average Bonchev–Trinajstić information content (AvgIpc) is 2.72. The zero-order chi connectivity index (χ0) is 22.2. The summed E-state index contributed by atoms with van der Waals surface area (Å²) in [4.78, 5) is 0. The molecule has 3 aliphatic carbocycles. The minimum absolute atomic E-state index is 0.0462. The molecule has 0 radical (unpaired) electrons. The van der Waals surface area contributed by atoms with E-state index in [0.717, 1.165) is 61.5 Å². The molecule has 31 heavy (non-hydrogen) atoms. The Morgan fingerprint density at radius 2 is 1.26 bits per heavy atom. The summed E-state index contributed by atoms with van der Waals surface area (Å²) in [6.07, 6.45) is 11.1. The highest BCUT2D eigenvalue weighted by Crippen LogP contribution is 2.50. The summed E-state index contributed by atoms with van der Waals surface area (Å²) >= 11 is 0. The number of benzene rings is 1. The number of halogens is 5. The molecule has 0 amide bonds. The molecule has 4 rings (SSSR count). The molecular formula is C26H33F5. The molecule has 3 fully saturated rings. The first kappa shape index (κ1) is 22.8. The highest BCUT2D eigenvalue weighted by molar-refractivity contribution is 5.30. The van der Waals surface area contributed by atoms with Crippen LogP contribution in [-0.4, -0.2) is 0 Å². The fourth-order valence-corrected chi connectivity index (χ4v) is 6.86. The predicted molar refractivity (Wildman–Crippen MR) is 113 cm³/mol. The number of alkyl halides is 3. The van der Waals surface area contributed by atoms with Crippen molar-refractivity contribution in [2.45, 2.75) is 83.2 Å². The molecule has 5 heteroatoms. The molecule has 0 N–H and O–H groups in total. The fourth-order valence-electron chi connectivity index (χ4n) is 6.86. The SMILES string of the molecule is C/C=C/C1CCC2CC(C3CCC(c4cc(F)c(C(F)(F)F)c(F)c4)CC3)CCC2C1. The third kappa shape index (κ3) is 5.01. The summed E-state index contributed by atoms with van der Waals surface area (Å²) in [6.45, 7) is 2.10. The second-order valence-corrected chi connectivity index (χ2v) is 10.2. The Balaban J connectivity index is 1.34. The standard InChI is InChI=1S/C26H33F5/c1-2-3-16-4-5-21-13-20(11-10-19(21)12-16)17-6-8-18(9-7-17)22-14-23(27)25(24(28)15-22)26(29,30)31/h2-3,14-21H,4-13H2,1H3/b3-2+. The van der Waals surface area contributed by atoms with Crippen molar-refractivity contribution in [3.8, 4) is 0 Å². The largest absolute Gasteiger partial charge is 0.422 e. The van der Waals surface area contributed by atoms with Gasteiger partial charge in [0.05, 0.1) is 0 Å². The number of hydrogen-bond donors (Lipinski definition) is 0. The van der Waals surface area contributed by atoms with E-state index in [1.165, 1.54) is 38.5 Å². The molecular weight excluding hydrogens is 407 g/mol. The van der Waals surface area contributed by atoms with E-state index >= 15 is 0 Å². The third-order valence-electron chi connectivity index (χ3n) is 8.42. The van der Waals surface area contributed by atoms with Crippen LogP contribution in [0.3, 0.4) is 0 Å². The topological polar surface area (TPSA) is 0 Å². The molecule has 1 aromatic carbocycles. The Hall–Kier alpha value is -1.39. The van der Waals surface area contributed by atoms with Crippen molar-refractivity contribution in [3.63, 3.8) is 0 Å². The lowest BCUT2D eigenvalue weighted by Crippen LogP contribution is -2.34. The molecule has 1 aromatic rings. The van der Waals surface area contributed by atoms with E-state index in [4.69, 9.17) is 0 Å². The smallest absolute Gasteiger partial charge is 0.206 e. The van der Waals surface area contributed by atoms with Crippen LogP contribution in [0.1, 0.15) is 88.2 Å². The van der Waals surface area contributed by atoms with Crippen molar-refractivity contribution in [2.75, 3.05) is 0 Å². The monoisotopic (exact) mass is 440 g/mol. The van der Waals surface area contributed by atoms with Gasteiger partial charge in [-0.1, -0.05) is 12.2 Å². The molecule has 3 saturated carbocycles. The number of hydrogen-bond acceptors (Lipinski definition) is 0. The molecule has 172 valence electrons. The van der Waals surface area contributed by atoms with Crippen molar-refractivity contribution in [1.82, 2.24) is 0 Å². The maximum atomic E-state index is 14.0. The second-order valence-electron chi connectivity index (χ2n) is 10.2. The van der Waals surface area contributed by atoms with Gasteiger partial charge in [-0.25, -0.2) is 8.78 Å². The Kier molecular flexibility index (Phi) is 6.79. The van der Waals surface area contributed by atoms with E-state index in [1.807, 2.05) is 0 Å². The maximum Gasteiger partial charge on any atom is 0.422 e. The van der Waals surface area contributed by atoms with E-state index in [2.05, 4.69) is 19.1 Å². The lowest BCUT2D eigenvalue weighted by atomic mass is 9.61. The van der Waals surface area contributed by atoms with Crippen LogP contribution in [0.5, 0.6) is 0 Å². The van der Waals surface area contributed by atoms with Crippen LogP contribution in [0.4, 0.5) is 22.0 Å². The van der Waals surface area contributed by atoms with Gasteiger partial charge < -0.3 is 0 Å². The van der Waals surface area contributed by atoms with Gasteiger partial charge >= 0.3 is 6.18 Å². The minimum Gasteiger partial charge on any atom is -0.206 e. The van der Waals surface area contributed by atoms with Gasteiger partial charge in [0.2, 0.25) is 0 Å². The summed E-state index contributed by atoms with van der Waals surface area (Å²) < 4.78 is 66.5. The third-order valence-corrected chi connectivity index (χ3v) is 8.42. The molecule has 0 aromatic heterocycles. The molecule has 0 heterocycles. The number of fused-ring (bicyclic) bond motifs is 1. The van der Waals surface area contributed by atoms with Crippen LogP contribution < -0.4 is 0 Å². The van der Waals surface area contributed by atoms with Gasteiger partial charge in [-0.3, -0.25) is 0 Å². The Morgan fingerprint density at radius 3 is 1.84 bits per heavy atom. The predicted octanol–water partition coefficient (Wildman–Crippen LogP) is 8.67. The van der Waals surface area contributed by atoms with E-state index in [9.17, 15) is 22.0 Å². The summed E-state index contributed by atoms with van der Waals surface area (Å²) in [6, 6.07) is 1.82. The first-order chi connectivity index (χ1) is 14.8. The normalized spacial score (nSPS) is 34.6. The molecule has 0 spiro atoms. The Labute approximate surface area is 182 Å². The highest BCUT2D eigenvalue weighted by atomic mass is 19.4. The zero-order valence-electron chi connectivity index (χ0n) is 18.2. The molecule has 0 nitrogen and oxygen atoms in total. The molecule has 3 aliphatic rings. The maximum absolute atomic E-state index is 14.0. The first-order valence-electron chi connectivity index (χ1n) is 11.9. The van der Waals surface area contributed by atoms with Crippen molar-refractivity contribution in [3.05, 3.63) is 47.0 Å². The van der Waals surface area contributed by atoms with Crippen LogP contribution in [0, 0.1) is 41.2 Å². The van der Waals surface area contributed by atoms with Gasteiger partial charge in [0.1, 0.15) is 17.2 Å². The van der Waals surface area contributed by atoms with E-state index < -0.39 is 23.4 Å². The molecule has 0 bridgehead atoms. The van der Waals surface area contributed by atoms with Crippen LogP contribution in [-0.2, 0) is 6.18 Å². The zero-order valence-corrected chi connectivity index (χ0v) is 18.2. The Bertz CT molecular complexity index is 764. The van der Waals surface area contributed by atoms with Crippen molar-refractivity contribution in [2.24, 2.45) is 29.6 Å². The van der Waals surface area contributed by atoms with E-state index in [-0.39, 0.29) is 5.92 Å². The quantitative estimate of drug-likeness (QED) is 0.326. The fraction of sp³-hybridized carbons (Fsp3) is 0.692.